The number of carbonyl (C=O) groups is 4. The van der Waals surface area contributed by atoms with Gasteiger partial charge in [0.25, 0.3) is 0 Å². The number of amides is 3. The molecule has 1 rings (SSSR count). The third-order valence-corrected chi connectivity index (χ3v) is 5.86. The minimum atomic E-state index is -1.13. The highest BCUT2D eigenvalue weighted by atomic mass is 16.4. The van der Waals surface area contributed by atoms with E-state index in [1.54, 1.807) is 27.7 Å². The van der Waals surface area contributed by atoms with Gasteiger partial charge < -0.3 is 26.4 Å². The maximum atomic E-state index is 13.0. The van der Waals surface area contributed by atoms with Crippen molar-refractivity contribution in [3.05, 3.63) is 0 Å². The van der Waals surface area contributed by atoms with Crippen LogP contribution in [0, 0.1) is 17.8 Å². The number of nitrogens with one attached hydrogen (secondary N) is 2. The molecule has 5 unspecified atom stereocenters. The van der Waals surface area contributed by atoms with Gasteiger partial charge in [0, 0.05) is 6.54 Å². The van der Waals surface area contributed by atoms with Crippen LogP contribution >= 0.6 is 0 Å². The second kappa shape index (κ2) is 11.3. The summed E-state index contributed by atoms with van der Waals surface area (Å²) in [5.41, 5.74) is 6.08. The molecule has 1 saturated heterocycles. The molecule has 0 bridgehead atoms. The van der Waals surface area contributed by atoms with Crippen LogP contribution in [0.4, 0.5) is 0 Å². The molecule has 1 fully saturated rings. The van der Waals surface area contributed by atoms with E-state index >= 15 is 0 Å². The molecule has 0 aromatic rings. The van der Waals surface area contributed by atoms with E-state index in [0.29, 0.717) is 19.4 Å². The number of aliphatic carboxylic acids is 1. The molecular weight excluding hydrogens is 388 g/mol. The van der Waals surface area contributed by atoms with Gasteiger partial charge in [-0.15, -0.1) is 0 Å². The third kappa shape index (κ3) is 6.42. The second-order valence-electron chi connectivity index (χ2n) is 8.90. The van der Waals surface area contributed by atoms with Gasteiger partial charge in [0.1, 0.15) is 18.1 Å². The molecule has 1 aliphatic rings. The van der Waals surface area contributed by atoms with Crippen LogP contribution in [0.3, 0.4) is 0 Å². The molecule has 0 aliphatic carbocycles. The fourth-order valence-electron chi connectivity index (χ4n) is 3.53. The quantitative estimate of drug-likeness (QED) is 0.405. The summed E-state index contributed by atoms with van der Waals surface area (Å²) in [5, 5.41) is 14.6. The van der Waals surface area contributed by atoms with Crippen LogP contribution in [0.5, 0.6) is 0 Å². The lowest BCUT2D eigenvalue weighted by Gasteiger charge is -2.31. The molecule has 5 N–H and O–H groups in total. The van der Waals surface area contributed by atoms with Crippen molar-refractivity contribution in [1.82, 2.24) is 15.5 Å². The van der Waals surface area contributed by atoms with Crippen molar-refractivity contribution in [3.8, 4) is 0 Å². The number of carboxylic acids is 1. The monoisotopic (exact) mass is 426 g/mol. The lowest BCUT2D eigenvalue weighted by molar-refractivity contribution is -0.144. The first kappa shape index (κ1) is 25.9. The molecule has 0 spiro atoms. The normalized spacial score (nSPS) is 20.6. The van der Waals surface area contributed by atoms with Gasteiger partial charge in [-0.2, -0.15) is 0 Å². The highest BCUT2D eigenvalue weighted by molar-refractivity contribution is 5.94. The lowest BCUT2D eigenvalue weighted by atomic mass is 9.98. The summed E-state index contributed by atoms with van der Waals surface area (Å²) < 4.78 is 0. The van der Waals surface area contributed by atoms with E-state index in [4.69, 9.17) is 5.73 Å². The minimum Gasteiger partial charge on any atom is -0.480 e. The van der Waals surface area contributed by atoms with Crippen molar-refractivity contribution >= 4 is 23.7 Å². The molecule has 0 radical (unpaired) electrons. The van der Waals surface area contributed by atoms with Crippen LogP contribution in [-0.2, 0) is 19.2 Å². The molecule has 30 heavy (non-hydrogen) atoms. The predicted octanol–water partition coefficient (Wildman–Crippen LogP) is 0.717. The smallest absolute Gasteiger partial charge is 0.326 e. The number of carboxylic acid groups (broad SMARTS) is 1. The van der Waals surface area contributed by atoms with Crippen molar-refractivity contribution in [2.24, 2.45) is 23.5 Å². The molecule has 0 saturated carbocycles. The summed E-state index contributed by atoms with van der Waals surface area (Å²) in [5.74, 6) is -2.91. The zero-order valence-corrected chi connectivity index (χ0v) is 19.0. The van der Waals surface area contributed by atoms with Crippen molar-refractivity contribution < 1.29 is 24.3 Å². The van der Waals surface area contributed by atoms with Crippen LogP contribution in [0.1, 0.15) is 60.8 Å². The van der Waals surface area contributed by atoms with E-state index in [-0.39, 0.29) is 23.7 Å². The Morgan fingerprint density at radius 1 is 1.03 bits per heavy atom. The van der Waals surface area contributed by atoms with Crippen LogP contribution in [0.15, 0.2) is 0 Å². The molecule has 0 aromatic carbocycles. The fourth-order valence-corrected chi connectivity index (χ4v) is 3.53. The number of carbonyl (C=O) groups excluding carboxylic acids is 3. The van der Waals surface area contributed by atoms with Crippen molar-refractivity contribution in [2.45, 2.75) is 85.0 Å². The predicted molar refractivity (Wildman–Crippen MR) is 113 cm³/mol. The second-order valence-corrected chi connectivity index (χ2v) is 8.90. The van der Waals surface area contributed by atoms with Gasteiger partial charge >= 0.3 is 5.97 Å². The Morgan fingerprint density at radius 3 is 2.07 bits per heavy atom. The summed E-state index contributed by atoms with van der Waals surface area (Å²) in [7, 11) is 0. The van der Waals surface area contributed by atoms with Gasteiger partial charge in [-0.1, -0.05) is 48.0 Å². The highest BCUT2D eigenvalue weighted by Gasteiger charge is 2.39. The lowest BCUT2D eigenvalue weighted by Crippen LogP contribution is -2.58. The van der Waals surface area contributed by atoms with Crippen molar-refractivity contribution in [3.63, 3.8) is 0 Å². The Hall–Kier alpha value is -2.16. The van der Waals surface area contributed by atoms with Crippen LogP contribution in [0.2, 0.25) is 0 Å². The van der Waals surface area contributed by atoms with Gasteiger partial charge in [0.2, 0.25) is 17.7 Å². The maximum absolute atomic E-state index is 13.0. The van der Waals surface area contributed by atoms with Gasteiger partial charge in [0.15, 0.2) is 0 Å². The van der Waals surface area contributed by atoms with E-state index in [1.807, 2.05) is 13.8 Å². The zero-order chi connectivity index (χ0) is 23.2. The average molecular weight is 427 g/mol. The minimum absolute atomic E-state index is 0.0000119. The van der Waals surface area contributed by atoms with Gasteiger partial charge in [-0.3, -0.25) is 14.4 Å². The Labute approximate surface area is 179 Å². The highest BCUT2D eigenvalue weighted by Crippen LogP contribution is 2.21. The maximum Gasteiger partial charge on any atom is 0.326 e. The first-order chi connectivity index (χ1) is 13.9. The molecule has 1 aliphatic heterocycles. The Balaban J connectivity index is 2.90. The molecule has 9 nitrogen and oxygen atoms in total. The third-order valence-electron chi connectivity index (χ3n) is 5.86. The number of nitrogens with two attached hydrogens (primary N) is 1. The summed E-state index contributed by atoms with van der Waals surface area (Å²) in [6.45, 7) is 11.3. The molecule has 172 valence electrons. The largest absolute Gasteiger partial charge is 0.480 e. The summed E-state index contributed by atoms with van der Waals surface area (Å²) in [6, 6.07) is -3.30. The van der Waals surface area contributed by atoms with E-state index in [1.165, 1.54) is 4.90 Å². The molecule has 5 atom stereocenters. The van der Waals surface area contributed by atoms with Gasteiger partial charge in [-0.05, 0) is 30.6 Å². The van der Waals surface area contributed by atoms with Crippen molar-refractivity contribution in [2.75, 3.05) is 6.54 Å². The summed E-state index contributed by atoms with van der Waals surface area (Å²) >= 11 is 0. The number of nitrogens with zero attached hydrogens (tertiary/aromatic N) is 1. The summed E-state index contributed by atoms with van der Waals surface area (Å²) in [4.78, 5) is 51.4. The Kier molecular flexibility index (Phi) is 9.74. The van der Waals surface area contributed by atoms with Crippen LogP contribution in [-0.4, -0.2) is 64.4 Å². The number of hydrogen-bond donors (Lipinski definition) is 4. The van der Waals surface area contributed by atoms with Crippen LogP contribution < -0.4 is 16.4 Å². The first-order valence-electron chi connectivity index (χ1n) is 10.8. The van der Waals surface area contributed by atoms with E-state index in [9.17, 15) is 24.3 Å². The van der Waals surface area contributed by atoms with Crippen molar-refractivity contribution in [1.29, 1.82) is 0 Å². The molecular formula is C21H38N4O5. The average Bonchev–Trinajstić information content (AvgIpc) is 3.17. The van der Waals surface area contributed by atoms with E-state index in [2.05, 4.69) is 10.6 Å². The first-order valence-corrected chi connectivity index (χ1v) is 10.8. The fraction of sp³-hybridized carbons (Fsp3) is 0.810. The van der Waals surface area contributed by atoms with Gasteiger partial charge in [0.05, 0.1) is 6.04 Å². The molecule has 9 heteroatoms. The standard InChI is InChI=1S/C21H38N4O5/c1-7-13(6)15(22)20(28)25-10-8-9-14(25)18(26)23-16(11(2)3)19(27)24-17(12(4)5)21(29)30/h11-17H,7-10,22H2,1-6H3,(H,23,26)(H,24,27)(H,29,30). The van der Waals surface area contributed by atoms with E-state index in [0.717, 1.165) is 6.42 Å². The SMILES string of the molecule is CCC(C)C(N)C(=O)N1CCCC1C(=O)NC(C(=O)NC(C(=O)O)C(C)C)C(C)C. The zero-order valence-electron chi connectivity index (χ0n) is 19.0. The topological polar surface area (TPSA) is 142 Å². The summed E-state index contributed by atoms with van der Waals surface area (Å²) in [6.07, 6.45) is 1.94. The van der Waals surface area contributed by atoms with E-state index < -0.39 is 42.0 Å². The molecule has 1 heterocycles. The number of likely N-dealkylation sites (tertiary alicyclic amines) is 1. The van der Waals surface area contributed by atoms with Gasteiger partial charge in [-0.25, -0.2) is 4.79 Å². The Morgan fingerprint density at radius 2 is 1.60 bits per heavy atom. The molecule has 3 amide bonds. The number of hydrogen-bond acceptors (Lipinski definition) is 5. The Bertz CT molecular complexity index is 637. The number of rotatable bonds is 10. The molecule has 0 aromatic heterocycles. The van der Waals surface area contributed by atoms with Crippen LogP contribution in [0.25, 0.3) is 0 Å².